The van der Waals surface area contributed by atoms with Gasteiger partial charge in [-0.05, 0) is 32.0 Å². The fourth-order valence-electron chi connectivity index (χ4n) is 2.01. The summed E-state index contributed by atoms with van der Waals surface area (Å²) in [6, 6.07) is 5.54. The van der Waals surface area contributed by atoms with E-state index in [1.807, 2.05) is 19.1 Å². The van der Waals surface area contributed by atoms with Crippen molar-refractivity contribution in [1.82, 2.24) is 10.3 Å². The fraction of sp³-hybridized carbons (Fsp3) is 0.571. The van der Waals surface area contributed by atoms with Gasteiger partial charge in [-0.3, -0.25) is 0 Å². The molecule has 1 atom stereocenters. The van der Waals surface area contributed by atoms with Crippen molar-refractivity contribution in [3.8, 4) is 0 Å². The van der Waals surface area contributed by atoms with Crippen molar-refractivity contribution in [3.05, 3.63) is 23.9 Å². The van der Waals surface area contributed by atoms with Crippen LogP contribution in [0.15, 0.2) is 18.2 Å². The van der Waals surface area contributed by atoms with Gasteiger partial charge >= 0.3 is 12.1 Å². The Kier molecular flexibility index (Phi) is 6.88. The van der Waals surface area contributed by atoms with E-state index in [9.17, 15) is 22.0 Å². The first-order valence-electron chi connectivity index (χ1n) is 7.08. The number of nitrogens with one attached hydrogen (secondary N) is 2. The lowest BCUT2D eigenvalue weighted by atomic mass is 9.94. The van der Waals surface area contributed by atoms with Gasteiger partial charge in [0.1, 0.15) is 5.82 Å². The predicted octanol–water partition coefficient (Wildman–Crippen LogP) is 2.68. The molecule has 0 radical (unpaired) electrons. The molecule has 3 N–H and O–H groups in total. The third-order valence-corrected chi connectivity index (χ3v) is 3.29. The number of hydrogen-bond donors (Lipinski definition) is 3. The van der Waals surface area contributed by atoms with Crippen LogP contribution in [0.4, 0.5) is 27.8 Å². The van der Waals surface area contributed by atoms with E-state index in [2.05, 4.69) is 15.6 Å². The number of piperidine rings is 1. The van der Waals surface area contributed by atoms with Gasteiger partial charge in [-0.1, -0.05) is 6.07 Å². The molecule has 1 aliphatic rings. The van der Waals surface area contributed by atoms with Crippen molar-refractivity contribution >= 4 is 11.8 Å². The molecule has 0 spiro atoms. The molecule has 0 saturated carbocycles. The molecule has 0 bridgehead atoms. The minimum atomic E-state index is -5.08. The fourth-order valence-corrected chi connectivity index (χ4v) is 2.01. The standard InChI is InChI=1S/C12H17F2N3.C2HF3O2/c1-9-3-2-4-11(17-9)16-7-10-5-6-15-8-12(10,13)14;3-2(4,5)1(6)7/h2-4,10,15H,5-8H2,1H3,(H,16,17);(H,6,7)/t10-;/m1./s1. The van der Waals surface area contributed by atoms with Crippen molar-refractivity contribution in [2.24, 2.45) is 5.92 Å². The van der Waals surface area contributed by atoms with E-state index < -0.39 is 24.0 Å². The van der Waals surface area contributed by atoms with Gasteiger partial charge < -0.3 is 15.7 Å². The van der Waals surface area contributed by atoms with E-state index in [-0.39, 0.29) is 13.1 Å². The first kappa shape index (κ1) is 20.1. The molecule has 0 aromatic carbocycles. The zero-order valence-electron chi connectivity index (χ0n) is 12.8. The largest absolute Gasteiger partial charge is 0.490 e. The van der Waals surface area contributed by atoms with Crippen molar-refractivity contribution in [2.75, 3.05) is 25.0 Å². The molecule has 0 aliphatic carbocycles. The van der Waals surface area contributed by atoms with Gasteiger partial charge in [-0.15, -0.1) is 0 Å². The maximum atomic E-state index is 13.5. The number of carboxylic acid groups (broad SMARTS) is 1. The number of pyridine rings is 1. The number of nitrogens with zero attached hydrogens (tertiary/aromatic N) is 1. The van der Waals surface area contributed by atoms with Crippen LogP contribution in [0, 0.1) is 12.8 Å². The number of aromatic nitrogens is 1. The quantitative estimate of drug-likeness (QED) is 0.727. The molecule has 2 rings (SSSR count). The normalized spacial score (nSPS) is 19.8. The maximum Gasteiger partial charge on any atom is 0.490 e. The minimum absolute atomic E-state index is 0.222. The lowest BCUT2D eigenvalue weighted by molar-refractivity contribution is -0.192. The number of aryl methyl sites for hydroxylation is 1. The molecule has 1 aromatic rings. The monoisotopic (exact) mass is 355 g/mol. The van der Waals surface area contributed by atoms with Crippen molar-refractivity contribution in [1.29, 1.82) is 0 Å². The topological polar surface area (TPSA) is 74.2 Å². The Labute approximate surface area is 135 Å². The van der Waals surface area contributed by atoms with E-state index in [4.69, 9.17) is 9.90 Å². The molecule has 24 heavy (non-hydrogen) atoms. The summed E-state index contributed by atoms with van der Waals surface area (Å²) in [5.74, 6) is -5.34. The third-order valence-electron chi connectivity index (χ3n) is 3.29. The Bertz CT molecular complexity index is 551. The Hall–Kier alpha value is -1.97. The van der Waals surface area contributed by atoms with E-state index in [0.29, 0.717) is 18.8 Å². The Balaban J connectivity index is 0.000000351. The number of carbonyl (C=O) groups is 1. The molecular formula is C14H18F5N3O2. The smallest absolute Gasteiger partial charge is 0.475 e. The number of halogens is 5. The number of aliphatic carboxylic acids is 1. The van der Waals surface area contributed by atoms with E-state index in [1.54, 1.807) is 6.07 Å². The van der Waals surface area contributed by atoms with Gasteiger partial charge in [-0.2, -0.15) is 13.2 Å². The molecular weight excluding hydrogens is 337 g/mol. The van der Waals surface area contributed by atoms with Gasteiger partial charge in [0.2, 0.25) is 0 Å². The minimum Gasteiger partial charge on any atom is -0.475 e. The lowest BCUT2D eigenvalue weighted by Gasteiger charge is -2.32. The van der Waals surface area contributed by atoms with Crippen LogP contribution in [0.3, 0.4) is 0 Å². The second-order valence-electron chi connectivity index (χ2n) is 5.27. The molecule has 2 heterocycles. The highest BCUT2D eigenvalue weighted by Crippen LogP contribution is 2.29. The Morgan fingerprint density at radius 2 is 2.08 bits per heavy atom. The van der Waals surface area contributed by atoms with Crippen LogP contribution in [0.25, 0.3) is 0 Å². The summed E-state index contributed by atoms with van der Waals surface area (Å²) in [7, 11) is 0. The van der Waals surface area contributed by atoms with E-state index in [1.165, 1.54) is 0 Å². The SMILES string of the molecule is Cc1cccc(NC[C@H]2CCNCC2(F)F)n1.O=C(O)C(F)(F)F. The molecule has 10 heteroatoms. The summed E-state index contributed by atoms with van der Waals surface area (Å²) in [5.41, 5.74) is 0.882. The van der Waals surface area contributed by atoms with E-state index >= 15 is 0 Å². The first-order valence-corrected chi connectivity index (χ1v) is 7.08. The summed E-state index contributed by atoms with van der Waals surface area (Å²) in [6.07, 6.45) is -4.59. The zero-order valence-corrected chi connectivity index (χ0v) is 12.8. The first-order chi connectivity index (χ1) is 11.0. The van der Waals surface area contributed by atoms with Crippen LogP contribution in [-0.4, -0.2) is 47.8 Å². The second-order valence-corrected chi connectivity index (χ2v) is 5.27. The molecule has 1 aliphatic heterocycles. The zero-order chi connectivity index (χ0) is 18.4. The summed E-state index contributed by atoms with van der Waals surface area (Å²) < 4.78 is 58.8. The Morgan fingerprint density at radius 1 is 1.46 bits per heavy atom. The Morgan fingerprint density at radius 3 is 2.58 bits per heavy atom. The van der Waals surface area contributed by atoms with Crippen LogP contribution in [0.5, 0.6) is 0 Å². The van der Waals surface area contributed by atoms with Crippen LogP contribution >= 0.6 is 0 Å². The second kappa shape index (κ2) is 8.22. The number of carboxylic acids is 1. The highest BCUT2D eigenvalue weighted by atomic mass is 19.4. The molecule has 136 valence electrons. The van der Waals surface area contributed by atoms with Crippen LogP contribution in [0.1, 0.15) is 12.1 Å². The highest BCUT2D eigenvalue weighted by molar-refractivity contribution is 5.73. The molecule has 0 unspecified atom stereocenters. The van der Waals surface area contributed by atoms with E-state index in [0.717, 1.165) is 5.69 Å². The summed E-state index contributed by atoms with van der Waals surface area (Å²) in [6.45, 7) is 2.58. The number of anilines is 1. The number of rotatable bonds is 3. The maximum absolute atomic E-state index is 13.5. The average molecular weight is 355 g/mol. The van der Waals surface area contributed by atoms with Crippen LogP contribution in [-0.2, 0) is 4.79 Å². The van der Waals surface area contributed by atoms with Gasteiger partial charge in [0.05, 0.1) is 6.54 Å². The summed E-state index contributed by atoms with van der Waals surface area (Å²) in [5, 5.41) is 12.8. The highest BCUT2D eigenvalue weighted by Gasteiger charge is 2.41. The molecule has 1 fully saturated rings. The molecule has 0 amide bonds. The van der Waals surface area contributed by atoms with Crippen molar-refractivity contribution < 1.29 is 31.9 Å². The van der Waals surface area contributed by atoms with Crippen molar-refractivity contribution in [2.45, 2.75) is 25.4 Å². The average Bonchev–Trinajstić information content (AvgIpc) is 2.45. The molecule has 1 saturated heterocycles. The van der Waals surface area contributed by atoms with Gasteiger partial charge in [0, 0.05) is 18.2 Å². The number of alkyl halides is 5. The summed E-state index contributed by atoms with van der Waals surface area (Å²) >= 11 is 0. The van der Waals surface area contributed by atoms with Gasteiger partial charge in [0.15, 0.2) is 0 Å². The van der Waals surface area contributed by atoms with Crippen molar-refractivity contribution in [3.63, 3.8) is 0 Å². The van der Waals surface area contributed by atoms with Gasteiger partial charge in [-0.25, -0.2) is 18.6 Å². The van der Waals surface area contributed by atoms with Crippen LogP contribution in [0.2, 0.25) is 0 Å². The molecule has 5 nitrogen and oxygen atoms in total. The third kappa shape index (κ3) is 6.65. The lowest BCUT2D eigenvalue weighted by Crippen LogP contribution is -2.48. The summed E-state index contributed by atoms with van der Waals surface area (Å²) in [4.78, 5) is 13.1. The van der Waals surface area contributed by atoms with Gasteiger partial charge in [0.25, 0.3) is 5.92 Å². The molecule has 1 aromatic heterocycles. The van der Waals surface area contributed by atoms with Crippen LogP contribution < -0.4 is 10.6 Å². The number of hydrogen-bond acceptors (Lipinski definition) is 4. The predicted molar refractivity (Wildman–Crippen MR) is 77.1 cm³/mol.